The van der Waals surface area contributed by atoms with Gasteiger partial charge in [-0.05, 0) is 36.8 Å². The number of nitrogens with one attached hydrogen (secondary N) is 1. The Bertz CT molecular complexity index is 660. The van der Waals surface area contributed by atoms with Crippen molar-refractivity contribution in [2.45, 2.75) is 13.0 Å². The first-order valence-corrected chi connectivity index (χ1v) is 7.95. The zero-order chi connectivity index (χ0) is 17.7. The molecule has 1 aliphatic heterocycles. The van der Waals surface area contributed by atoms with E-state index in [1.807, 2.05) is 38.2 Å². The van der Waals surface area contributed by atoms with Crippen LogP contribution < -0.4 is 10.1 Å². The van der Waals surface area contributed by atoms with E-state index in [-0.39, 0.29) is 18.6 Å². The summed E-state index contributed by atoms with van der Waals surface area (Å²) in [5, 5.41) is 3.75. The second-order valence-corrected chi connectivity index (χ2v) is 5.73. The first kappa shape index (κ1) is 18.2. The molecule has 1 atom stereocenters. The predicted octanol–water partition coefficient (Wildman–Crippen LogP) is 2.02. The van der Waals surface area contributed by atoms with E-state index in [9.17, 15) is 4.79 Å². The van der Waals surface area contributed by atoms with Crippen molar-refractivity contribution in [1.82, 2.24) is 10.2 Å². The molecule has 1 unspecified atom stereocenters. The Morgan fingerprint density at radius 3 is 2.75 bits per heavy atom. The van der Waals surface area contributed by atoms with Gasteiger partial charge in [0.1, 0.15) is 12.4 Å². The highest BCUT2D eigenvalue weighted by Gasteiger charge is 2.33. The molecule has 1 aliphatic rings. The van der Waals surface area contributed by atoms with E-state index in [1.165, 1.54) is 0 Å². The van der Waals surface area contributed by atoms with Crippen LogP contribution in [-0.4, -0.2) is 50.5 Å². The highest BCUT2D eigenvalue weighted by molar-refractivity contribution is 7.80. The van der Waals surface area contributed by atoms with Gasteiger partial charge in [-0.1, -0.05) is 12.1 Å². The number of ether oxygens (including phenoxy) is 3. The van der Waals surface area contributed by atoms with Crippen LogP contribution in [0.1, 0.15) is 18.5 Å². The van der Waals surface area contributed by atoms with E-state index in [4.69, 9.17) is 26.4 Å². The molecule has 0 spiro atoms. The Hall–Kier alpha value is -2.12. The SMILES string of the molecule is COCCOC(=O)C1=C(C)N(C)C(=S)NC1c1cccc(OC)c1. The predicted molar refractivity (Wildman–Crippen MR) is 94.8 cm³/mol. The minimum atomic E-state index is -0.390. The summed E-state index contributed by atoms with van der Waals surface area (Å²) in [4.78, 5) is 14.4. The lowest BCUT2D eigenvalue weighted by atomic mass is 9.95. The van der Waals surface area contributed by atoms with E-state index in [2.05, 4.69) is 5.32 Å². The Kier molecular flexibility index (Phi) is 6.16. The third-order valence-electron chi connectivity index (χ3n) is 3.92. The Morgan fingerprint density at radius 2 is 2.08 bits per heavy atom. The molecule has 0 aliphatic carbocycles. The van der Waals surface area contributed by atoms with Gasteiger partial charge in [0, 0.05) is 19.9 Å². The molecule has 24 heavy (non-hydrogen) atoms. The molecule has 0 saturated heterocycles. The topological polar surface area (TPSA) is 60.0 Å². The van der Waals surface area contributed by atoms with E-state index in [1.54, 1.807) is 19.1 Å². The monoisotopic (exact) mass is 350 g/mol. The molecule has 7 heteroatoms. The number of benzene rings is 1. The molecule has 0 saturated carbocycles. The summed E-state index contributed by atoms with van der Waals surface area (Å²) in [6.45, 7) is 2.40. The molecule has 1 aromatic carbocycles. The minimum Gasteiger partial charge on any atom is -0.497 e. The summed E-state index contributed by atoms with van der Waals surface area (Å²) in [6.07, 6.45) is 0. The lowest BCUT2D eigenvalue weighted by Crippen LogP contribution is -2.46. The fraction of sp³-hybridized carbons (Fsp3) is 0.412. The molecule has 2 rings (SSSR count). The number of hydrogen-bond acceptors (Lipinski definition) is 5. The fourth-order valence-corrected chi connectivity index (χ4v) is 2.72. The summed E-state index contributed by atoms with van der Waals surface area (Å²) < 4.78 is 15.5. The lowest BCUT2D eigenvalue weighted by molar-refractivity contribution is -0.140. The molecule has 0 bridgehead atoms. The normalized spacial score (nSPS) is 17.6. The molecule has 0 fully saturated rings. The Balaban J connectivity index is 2.39. The molecule has 0 radical (unpaired) electrons. The summed E-state index contributed by atoms with van der Waals surface area (Å²) in [5.41, 5.74) is 2.16. The van der Waals surface area contributed by atoms with Gasteiger partial charge in [-0.15, -0.1) is 0 Å². The number of carbonyl (C=O) groups excluding carboxylic acids is 1. The minimum absolute atomic E-state index is 0.200. The summed E-state index contributed by atoms with van der Waals surface area (Å²) in [6, 6.07) is 7.13. The summed E-state index contributed by atoms with van der Waals surface area (Å²) in [5.74, 6) is 0.322. The highest BCUT2D eigenvalue weighted by Crippen LogP contribution is 2.32. The standard InChI is InChI=1S/C17H22N2O4S/c1-11-14(16(20)23-9-8-21-3)15(18-17(24)19(11)2)12-6-5-7-13(10-12)22-4/h5-7,10,15H,8-9H2,1-4H3,(H,18,24). The van der Waals surface area contributed by atoms with Crippen molar-refractivity contribution < 1.29 is 19.0 Å². The average Bonchev–Trinajstić information content (AvgIpc) is 2.59. The number of rotatable bonds is 6. The van der Waals surface area contributed by atoms with Crippen molar-refractivity contribution in [2.24, 2.45) is 0 Å². The molecule has 130 valence electrons. The van der Waals surface area contributed by atoms with Crippen LogP contribution in [-0.2, 0) is 14.3 Å². The van der Waals surface area contributed by atoms with Gasteiger partial charge in [-0.2, -0.15) is 0 Å². The van der Waals surface area contributed by atoms with Crippen molar-refractivity contribution >= 4 is 23.3 Å². The van der Waals surface area contributed by atoms with E-state index in [0.29, 0.717) is 23.0 Å². The number of allylic oxidation sites excluding steroid dienone is 1. The first-order valence-electron chi connectivity index (χ1n) is 7.54. The maximum Gasteiger partial charge on any atom is 0.338 e. The number of esters is 1. The Morgan fingerprint density at radius 1 is 1.33 bits per heavy atom. The Labute approximate surface area is 147 Å². The van der Waals surface area contributed by atoms with Crippen molar-refractivity contribution in [3.05, 3.63) is 41.1 Å². The van der Waals surface area contributed by atoms with Crippen LogP contribution in [0.4, 0.5) is 0 Å². The number of thiocarbonyl (C=S) groups is 1. The smallest absolute Gasteiger partial charge is 0.338 e. The van der Waals surface area contributed by atoms with Gasteiger partial charge in [0.25, 0.3) is 0 Å². The van der Waals surface area contributed by atoms with Crippen molar-refractivity contribution in [3.63, 3.8) is 0 Å². The molecule has 0 aromatic heterocycles. The first-order chi connectivity index (χ1) is 11.5. The second kappa shape index (κ2) is 8.12. The van der Waals surface area contributed by atoms with Crippen molar-refractivity contribution in [2.75, 3.05) is 34.5 Å². The van der Waals surface area contributed by atoms with Crippen LogP contribution in [0.25, 0.3) is 0 Å². The molecular weight excluding hydrogens is 328 g/mol. The van der Waals surface area contributed by atoms with Crippen LogP contribution in [0, 0.1) is 0 Å². The second-order valence-electron chi connectivity index (χ2n) is 5.35. The van der Waals surface area contributed by atoms with Crippen molar-refractivity contribution in [3.8, 4) is 5.75 Å². The third-order valence-corrected chi connectivity index (χ3v) is 4.31. The van der Waals surface area contributed by atoms with Crippen LogP contribution in [0.3, 0.4) is 0 Å². The highest BCUT2D eigenvalue weighted by atomic mass is 32.1. The van der Waals surface area contributed by atoms with Gasteiger partial charge >= 0.3 is 5.97 Å². The van der Waals surface area contributed by atoms with E-state index in [0.717, 1.165) is 11.3 Å². The van der Waals surface area contributed by atoms with Crippen LogP contribution in [0.2, 0.25) is 0 Å². The maximum absolute atomic E-state index is 12.6. The summed E-state index contributed by atoms with van der Waals surface area (Å²) in [7, 11) is 4.98. The number of nitrogens with zero attached hydrogens (tertiary/aromatic N) is 1. The van der Waals surface area contributed by atoms with Crippen LogP contribution in [0.15, 0.2) is 35.5 Å². The van der Waals surface area contributed by atoms with E-state index >= 15 is 0 Å². The van der Waals surface area contributed by atoms with Crippen molar-refractivity contribution in [1.29, 1.82) is 0 Å². The number of hydrogen-bond donors (Lipinski definition) is 1. The molecule has 1 heterocycles. The van der Waals surface area contributed by atoms with Gasteiger partial charge in [0.05, 0.1) is 25.3 Å². The number of carbonyl (C=O) groups is 1. The zero-order valence-corrected chi connectivity index (χ0v) is 15.1. The average molecular weight is 350 g/mol. The largest absolute Gasteiger partial charge is 0.497 e. The molecular formula is C17H22N2O4S. The van der Waals surface area contributed by atoms with Gasteiger partial charge < -0.3 is 24.4 Å². The molecule has 6 nitrogen and oxygen atoms in total. The zero-order valence-electron chi connectivity index (χ0n) is 14.3. The molecule has 0 amide bonds. The van der Waals surface area contributed by atoms with Gasteiger partial charge in [-0.25, -0.2) is 4.79 Å². The lowest BCUT2D eigenvalue weighted by Gasteiger charge is -2.35. The van der Waals surface area contributed by atoms with Gasteiger partial charge in [-0.3, -0.25) is 0 Å². The third kappa shape index (κ3) is 3.85. The van der Waals surface area contributed by atoms with Crippen LogP contribution in [0.5, 0.6) is 5.75 Å². The van der Waals surface area contributed by atoms with Gasteiger partial charge in [0.15, 0.2) is 5.11 Å². The van der Waals surface area contributed by atoms with Gasteiger partial charge in [0.2, 0.25) is 0 Å². The van der Waals surface area contributed by atoms with Crippen LogP contribution >= 0.6 is 12.2 Å². The molecule has 1 aromatic rings. The summed E-state index contributed by atoms with van der Waals surface area (Å²) >= 11 is 5.37. The fourth-order valence-electron chi connectivity index (χ4n) is 2.47. The van der Waals surface area contributed by atoms with E-state index < -0.39 is 0 Å². The maximum atomic E-state index is 12.6. The number of methoxy groups -OCH3 is 2. The molecule has 1 N–H and O–H groups in total. The quantitative estimate of drug-likeness (QED) is 0.478.